The van der Waals surface area contributed by atoms with Crippen molar-refractivity contribution < 1.29 is 5.11 Å². The van der Waals surface area contributed by atoms with Crippen LogP contribution in [0.4, 0.5) is 0 Å². The second kappa shape index (κ2) is 5.41. The molecule has 5 heteroatoms. The van der Waals surface area contributed by atoms with Crippen molar-refractivity contribution in [2.45, 2.75) is 52.7 Å². The Morgan fingerprint density at radius 3 is 2.68 bits per heavy atom. The van der Waals surface area contributed by atoms with E-state index in [0.29, 0.717) is 6.42 Å². The maximum absolute atomic E-state index is 10.9. The third-order valence-corrected chi connectivity index (χ3v) is 6.38. The summed E-state index contributed by atoms with van der Waals surface area (Å²) >= 11 is 5.48. The quantitative estimate of drug-likeness (QED) is 0.911. The van der Waals surface area contributed by atoms with Crippen molar-refractivity contribution in [2.75, 3.05) is 11.5 Å². The van der Waals surface area contributed by atoms with Crippen molar-refractivity contribution in [3.8, 4) is 0 Å². The molecule has 0 radical (unpaired) electrons. The van der Waals surface area contributed by atoms with Crippen LogP contribution in [-0.2, 0) is 13.0 Å². The molecule has 0 saturated carbocycles. The Balaban J connectivity index is 2.25. The summed E-state index contributed by atoms with van der Waals surface area (Å²) in [6.45, 7) is 9.41. The van der Waals surface area contributed by atoms with E-state index in [9.17, 15) is 5.11 Å². The first-order valence-electron chi connectivity index (χ1n) is 6.78. The fourth-order valence-corrected chi connectivity index (χ4v) is 4.74. The van der Waals surface area contributed by atoms with Gasteiger partial charge in [0.15, 0.2) is 0 Å². The largest absolute Gasteiger partial charge is 0.389 e. The molecule has 0 aliphatic carbocycles. The van der Waals surface area contributed by atoms with Crippen LogP contribution in [0, 0.1) is 12.3 Å². The molecule has 0 aromatic carbocycles. The number of aliphatic hydroxyl groups is 1. The highest BCUT2D eigenvalue weighted by Gasteiger charge is 2.40. The van der Waals surface area contributed by atoms with Crippen LogP contribution in [0.1, 0.15) is 38.6 Å². The van der Waals surface area contributed by atoms with Gasteiger partial charge in [0.25, 0.3) is 0 Å². The van der Waals surface area contributed by atoms with E-state index in [1.807, 2.05) is 23.4 Å². The average molecular weight is 347 g/mol. The molecule has 1 aliphatic heterocycles. The molecule has 108 valence electrons. The Labute approximate surface area is 128 Å². The molecule has 1 saturated heterocycles. The van der Waals surface area contributed by atoms with Gasteiger partial charge in [0.2, 0.25) is 0 Å². The number of aromatic nitrogens is 2. The first kappa shape index (κ1) is 15.4. The van der Waals surface area contributed by atoms with E-state index in [-0.39, 0.29) is 5.41 Å². The highest BCUT2D eigenvalue weighted by atomic mass is 79.9. The van der Waals surface area contributed by atoms with Gasteiger partial charge < -0.3 is 5.11 Å². The zero-order valence-corrected chi connectivity index (χ0v) is 14.6. The summed E-state index contributed by atoms with van der Waals surface area (Å²) in [5.74, 6) is 1.94. The standard InChI is InChI=1S/C14H23BrN2OS/c1-5-17-11(12(15)10(2)16-17)6-14(18)7-13(3,4)8-19-9-14/h18H,5-9H2,1-4H3. The Hall–Kier alpha value is -0.0000000000000000555. The lowest BCUT2D eigenvalue weighted by atomic mass is 9.80. The molecule has 19 heavy (non-hydrogen) atoms. The van der Waals surface area contributed by atoms with E-state index in [2.05, 4.69) is 41.8 Å². The van der Waals surface area contributed by atoms with Crippen LogP contribution < -0.4 is 0 Å². The lowest BCUT2D eigenvalue weighted by Crippen LogP contribution is -2.44. The molecule has 1 aliphatic rings. The van der Waals surface area contributed by atoms with Crippen molar-refractivity contribution in [1.29, 1.82) is 0 Å². The molecule has 2 rings (SSSR count). The first-order valence-corrected chi connectivity index (χ1v) is 8.73. The van der Waals surface area contributed by atoms with Gasteiger partial charge in [-0.15, -0.1) is 0 Å². The molecule has 1 fully saturated rings. The van der Waals surface area contributed by atoms with Gasteiger partial charge >= 0.3 is 0 Å². The van der Waals surface area contributed by atoms with Crippen molar-refractivity contribution in [2.24, 2.45) is 5.41 Å². The van der Waals surface area contributed by atoms with Gasteiger partial charge in [-0.1, -0.05) is 13.8 Å². The summed E-state index contributed by atoms with van der Waals surface area (Å²) in [5.41, 5.74) is 1.72. The molecule has 1 unspecified atom stereocenters. The van der Waals surface area contributed by atoms with Crippen LogP contribution >= 0.6 is 27.7 Å². The molecule has 3 nitrogen and oxygen atoms in total. The number of thioether (sulfide) groups is 1. The molecule has 0 amide bonds. The van der Waals surface area contributed by atoms with Gasteiger partial charge in [-0.05, 0) is 47.4 Å². The SMILES string of the molecule is CCn1nc(C)c(Br)c1CC1(O)CSCC(C)(C)C1. The smallest absolute Gasteiger partial charge is 0.0798 e. The number of hydrogen-bond donors (Lipinski definition) is 1. The predicted molar refractivity (Wildman–Crippen MR) is 84.7 cm³/mol. The lowest BCUT2D eigenvalue weighted by molar-refractivity contribution is 0.0181. The van der Waals surface area contributed by atoms with Gasteiger partial charge in [-0.25, -0.2) is 0 Å². The monoisotopic (exact) mass is 346 g/mol. The summed E-state index contributed by atoms with van der Waals surface area (Å²) in [7, 11) is 0. The number of hydrogen-bond acceptors (Lipinski definition) is 3. The summed E-state index contributed by atoms with van der Waals surface area (Å²) in [6, 6.07) is 0. The van der Waals surface area contributed by atoms with Crippen molar-refractivity contribution in [3.05, 3.63) is 15.9 Å². The molecular formula is C14H23BrN2OS. The second-order valence-corrected chi connectivity index (χ2v) is 8.18. The third kappa shape index (κ3) is 3.37. The maximum Gasteiger partial charge on any atom is 0.0798 e. The zero-order chi connectivity index (χ0) is 14.3. The molecule has 1 N–H and O–H groups in total. The van der Waals surface area contributed by atoms with E-state index in [4.69, 9.17) is 0 Å². The number of halogens is 1. The van der Waals surface area contributed by atoms with Crippen LogP contribution in [0.3, 0.4) is 0 Å². The van der Waals surface area contributed by atoms with Gasteiger partial charge in [-0.2, -0.15) is 16.9 Å². The minimum atomic E-state index is -0.617. The molecule has 0 bridgehead atoms. The van der Waals surface area contributed by atoms with E-state index in [1.165, 1.54) is 0 Å². The van der Waals surface area contributed by atoms with E-state index >= 15 is 0 Å². The van der Waals surface area contributed by atoms with Crippen molar-refractivity contribution in [1.82, 2.24) is 9.78 Å². The third-order valence-electron chi connectivity index (χ3n) is 3.62. The highest BCUT2D eigenvalue weighted by molar-refractivity contribution is 9.10. The van der Waals surface area contributed by atoms with E-state index in [1.54, 1.807) is 0 Å². The van der Waals surface area contributed by atoms with E-state index in [0.717, 1.165) is 40.3 Å². The van der Waals surface area contributed by atoms with Crippen LogP contribution in [0.5, 0.6) is 0 Å². The molecule has 0 spiro atoms. The van der Waals surface area contributed by atoms with Gasteiger partial charge in [0, 0.05) is 18.7 Å². The van der Waals surface area contributed by atoms with Gasteiger partial charge in [-0.3, -0.25) is 4.68 Å². The highest BCUT2D eigenvalue weighted by Crippen LogP contribution is 2.41. The average Bonchev–Trinajstić information content (AvgIpc) is 2.54. The summed E-state index contributed by atoms with van der Waals surface area (Å²) < 4.78 is 3.06. The molecule has 1 aromatic rings. The first-order chi connectivity index (χ1) is 8.76. The normalized spacial score (nSPS) is 26.6. The summed E-state index contributed by atoms with van der Waals surface area (Å²) in [5, 5.41) is 15.4. The van der Waals surface area contributed by atoms with Crippen LogP contribution in [0.25, 0.3) is 0 Å². The van der Waals surface area contributed by atoms with Gasteiger partial charge in [0.1, 0.15) is 0 Å². The summed E-state index contributed by atoms with van der Waals surface area (Å²) in [4.78, 5) is 0. The van der Waals surface area contributed by atoms with Crippen LogP contribution in [-0.4, -0.2) is 32.0 Å². The van der Waals surface area contributed by atoms with Crippen molar-refractivity contribution >= 4 is 27.7 Å². The fraction of sp³-hybridized carbons (Fsp3) is 0.786. The topological polar surface area (TPSA) is 38.0 Å². The summed E-state index contributed by atoms with van der Waals surface area (Å²) in [6.07, 6.45) is 1.53. The molecule has 2 heterocycles. The van der Waals surface area contributed by atoms with Gasteiger partial charge in [0.05, 0.1) is 21.5 Å². The Kier molecular flexibility index (Phi) is 4.38. The molecule has 1 atom stereocenters. The number of rotatable bonds is 3. The van der Waals surface area contributed by atoms with E-state index < -0.39 is 5.60 Å². The fourth-order valence-electron chi connectivity index (χ4n) is 2.97. The van der Waals surface area contributed by atoms with Crippen LogP contribution in [0.2, 0.25) is 0 Å². The Bertz CT molecular complexity index is 472. The molecular weight excluding hydrogens is 324 g/mol. The lowest BCUT2D eigenvalue weighted by Gasteiger charge is -2.41. The number of nitrogens with zero attached hydrogens (tertiary/aromatic N) is 2. The maximum atomic E-state index is 10.9. The van der Waals surface area contributed by atoms with Crippen LogP contribution in [0.15, 0.2) is 4.47 Å². The Morgan fingerprint density at radius 1 is 1.42 bits per heavy atom. The minimum absolute atomic E-state index is 0.205. The minimum Gasteiger partial charge on any atom is -0.389 e. The second-order valence-electron chi connectivity index (χ2n) is 6.40. The molecule has 1 aromatic heterocycles. The number of aryl methyl sites for hydroxylation is 2. The predicted octanol–water partition coefficient (Wildman–Crippen LogP) is 3.41. The zero-order valence-electron chi connectivity index (χ0n) is 12.2. The van der Waals surface area contributed by atoms with Crippen molar-refractivity contribution in [3.63, 3.8) is 0 Å². The Morgan fingerprint density at radius 2 is 2.11 bits per heavy atom.